The number of hydrogen-bond acceptors (Lipinski definition) is 6. The number of carbonyl (C=O) groups excluding carboxylic acids is 1. The largest absolute Gasteiger partial charge is 0.478 e. The van der Waals surface area contributed by atoms with Crippen molar-refractivity contribution >= 4 is 52.7 Å². The molecular formula is C34H33Cl2FN6O3. The Hall–Kier alpha value is -4.54. The highest BCUT2D eigenvalue weighted by Gasteiger charge is 2.38. The summed E-state index contributed by atoms with van der Waals surface area (Å²) in [5, 5.41) is 10.4. The van der Waals surface area contributed by atoms with E-state index in [1.54, 1.807) is 44.4 Å². The molecule has 1 aliphatic heterocycles. The third-order valence-corrected chi connectivity index (χ3v) is 8.62. The number of aromatic nitrogens is 4. The van der Waals surface area contributed by atoms with E-state index in [2.05, 4.69) is 14.9 Å². The van der Waals surface area contributed by atoms with Gasteiger partial charge in [0.2, 0.25) is 0 Å². The van der Waals surface area contributed by atoms with Crippen molar-refractivity contribution in [3.63, 3.8) is 0 Å². The molecule has 5 heterocycles. The number of nitrogens with zero attached hydrogens (tertiary/aromatic N) is 6. The van der Waals surface area contributed by atoms with Crippen molar-refractivity contribution in [2.75, 3.05) is 24.5 Å². The van der Waals surface area contributed by atoms with Crippen LogP contribution in [0.4, 0.5) is 10.2 Å². The molecule has 0 unspecified atom stereocenters. The Morgan fingerprint density at radius 1 is 1.07 bits per heavy atom. The van der Waals surface area contributed by atoms with Crippen LogP contribution in [0.5, 0.6) is 0 Å². The highest BCUT2D eigenvalue weighted by molar-refractivity contribution is 6.30. The minimum absolute atomic E-state index is 0. The Bertz CT molecular complexity index is 1940. The molecule has 6 rings (SSSR count). The van der Waals surface area contributed by atoms with Gasteiger partial charge in [-0.25, -0.2) is 19.2 Å². The summed E-state index contributed by atoms with van der Waals surface area (Å²) in [6.45, 7) is 9.39. The van der Waals surface area contributed by atoms with Gasteiger partial charge >= 0.3 is 5.97 Å². The van der Waals surface area contributed by atoms with Gasteiger partial charge in [-0.15, -0.1) is 12.4 Å². The van der Waals surface area contributed by atoms with Crippen LogP contribution in [-0.4, -0.2) is 66.6 Å². The summed E-state index contributed by atoms with van der Waals surface area (Å²) < 4.78 is 16.4. The third kappa shape index (κ3) is 6.15. The van der Waals surface area contributed by atoms with Crippen LogP contribution >= 0.6 is 24.0 Å². The van der Waals surface area contributed by atoms with Gasteiger partial charge in [-0.2, -0.15) is 0 Å². The van der Waals surface area contributed by atoms with E-state index in [1.165, 1.54) is 12.1 Å². The fourth-order valence-electron chi connectivity index (χ4n) is 6.15. The second kappa shape index (κ2) is 12.7. The molecule has 1 aromatic carbocycles. The highest BCUT2D eigenvalue weighted by atomic mass is 35.5. The predicted molar refractivity (Wildman–Crippen MR) is 179 cm³/mol. The quantitative estimate of drug-likeness (QED) is 0.213. The number of carbonyl (C=O) groups is 2. The van der Waals surface area contributed by atoms with Crippen LogP contribution < -0.4 is 4.90 Å². The first kappa shape index (κ1) is 32.8. The van der Waals surface area contributed by atoms with Crippen LogP contribution in [0, 0.1) is 19.7 Å². The number of halogens is 3. The van der Waals surface area contributed by atoms with E-state index in [9.17, 15) is 19.1 Å². The molecule has 46 heavy (non-hydrogen) atoms. The van der Waals surface area contributed by atoms with Crippen LogP contribution in [-0.2, 0) is 6.54 Å². The van der Waals surface area contributed by atoms with Gasteiger partial charge in [0.25, 0.3) is 5.91 Å². The second-order valence-electron chi connectivity index (χ2n) is 12.0. The zero-order valence-electron chi connectivity index (χ0n) is 25.8. The number of amides is 1. The molecule has 0 saturated carbocycles. The van der Waals surface area contributed by atoms with Gasteiger partial charge < -0.3 is 19.5 Å². The number of pyridine rings is 3. The number of piperazine rings is 1. The maximum absolute atomic E-state index is 14.4. The molecule has 0 radical (unpaired) electrons. The lowest BCUT2D eigenvalue weighted by molar-refractivity contribution is 0.0507. The van der Waals surface area contributed by atoms with Gasteiger partial charge in [0, 0.05) is 49.2 Å². The summed E-state index contributed by atoms with van der Waals surface area (Å²) in [6, 6.07) is 13.9. The van der Waals surface area contributed by atoms with E-state index in [0.29, 0.717) is 60.2 Å². The molecule has 238 valence electrons. The van der Waals surface area contributed by atoms with Gasteiger partial charge in [-0.05, 0) is 80.8 Å². The average Bonchev–Trinajstić information content (AvgIpc) is 3.35. The number of aryl methyl sites for hydroxylation is 2. The molecule has 0 atom stereocenters. The van der Waals surface area contributed by atoms with E-state index in [0.717, 1.165) is 16.5 Å². The molecule has 9 nitrogen and oxygen atoms in total. The Labute approximate surface area is 277 Å². The number of anilines is 1. The molecule has 0 aliphatic carbocycles. The Morgan fingerprint density at radius 2 is 1.85 bits per heavy atom. The molecule has 4 aromatic heterocycles. The number of benzene rings is 1. The van der Waals surface area contributed by atoms with Crippen LogP contribution in [0.3, 0.4) is 0 Å². The Balaban J connectivity index is 0.00000417. The van der Waals surface area contributed by atoms with Gasteiger partial charge in [-0.1, -0.05) is 23.7 Å². The third-order valence-electron chi connectivity index (χ3n) is 8.32. The van der Waals surface area contributed by atoms with Gasteiger partial charge in [-0.3, -0.25) is 9.78 Å². The topological polar surface area (TPSA) is 104 Å². The molecule has 1 N–H and O–H groups in total. The molecule has 0 bridgehead atoms. The summed E-state index contributed by atoms with van der Waals surface area (Å²) in [5.74, 6) is -1.02. The molecule has 1 fully saturated rings. The lowest BCUT2D eigenvalue weighted by Gasteiger charge is -2.47. The molecular weight excluding hydrogens is 630 g/mol. The zero-order chi connectivity index (χ0) is 32.0. The van der Waals surface area contributed by atoms with Crippen molar-refractivity contribution < 1.29 is 19.1 Å². The first-order valence-corrected chi connectivity index (χ1v) is 14.9. The van der Waals surface area contributed by atoms with Crippen molar-refractivity contribution in [1.82, 2.24) is 24.4 Å². The van der Waals surface area contributed by atoms with Crippen molar-refractivity contribution in [3.8, 4) is 11.1 Å². The molecule has 5 aromatic rings. The molecule has 12 heteroatoms. The van der Waals surface area contributed by atoms with E-state index >= 15 is 0 Å². The van der Waals surface area contributed by atoms with Crippen molar-refractivity contribution in [1.29, 1.82) is 0 Å². The van der Waals surface area contributed by atoms with Crippen LogP contribution in [0.15, 0.2) is 67.1 Å². The van der Waals surface area contributed by atoms with Crippen molar-refractivity contribution in [3.05, 3.63) is 106 Å². The summed E-state index contributed by atoms with van der Waals surface area (Å²) in [4.78, 5) is 43.3. The lowest BCUT2D eigenvalue weighted by Crippen LogP contribution is -2.61. The fraction of sp³-hybridized carbons (Fsp3) is 0.265. The average molecular weight is 664 g/mol. The second-order valence-corrected chi connectivity index (χ2v) is 12.4. The van der Waals surface area contributed by atoms with E-state index in [1.807, 2.05) is 47.7 Å². The minimum atomic E-state index is -0.997. The number of carboxylic acids is 1. The van der Waals surface area contributed by atoms with E-state index in [-0.39, 0.29) is 28.9 Å². The van der Waals surface area contributed by atoms with E-state index < -0.39 is 17.3 Å². The standard InChI is InChI=1S/C34H32ClFN6O3.ClH/c1-20-14-29(38-21(2)30(20)33(44)45)40-12-13-42(34(3,4)19-40)32(43)28-10-8-24-25(23-7-9-26(35)27(36)15-23)18-41(31(24)39-28)17-22-6-5-11-37-16-22;/h5-11,14-16,18H,12-13,17,19H2,1-4H3,(H,44,45);1H. The van der Waals surface area contributed by atoms with E-state index in [4.69, 9.17) is 16.6 Å². The zero-order valence-corrected chi connectivity index (χ0v) is 27.4. The summed E-state index contributed by atoms with van der Waals surface area (Å²) in [7, 11) is 0. The maximum Gasteiger partial charge on any atom is 0.337 e. The SMILES string of the molecule is Cc1cc(N2CCN(C(=O)c3ccc4c(-c5ccc(Cl)c(F)c5)cn(Cc5cccnc5)c4n3)C(C)(C)C2)nc(C)c1C(=O)O.Cl. The molecule has 1 amide bonds. The number of hydrogen-bond donors (Lipinski definition) is 1. The molecule has 1 saturated heterocycles. The summed E-state index contributed by atoms with van der Waals surface area (Å²) in [5.41, 5.74) is 4.03. The van der Waals surface area contributed by atoms with Crippen LogP contribution in [0.2, 0.25) is 5.02 Å². The molecule has 0 spiro atoms. The van der Waals surface area contributed by atoms with Crippen molar-refractivity contribution in [2.24, 2.45) is 0 Å². The Morgan fingerprint density at radius 3 is 2.50 bits per heavy atom. The first-order valence-electron chi connectivity index (χ1n) is 14.6. The van der Waals surface area contributed by atoms with Gasteiger partial charge in [0.05, 0.1) is 28.4 Å². The van der Waals surface area contributed by atoms with Crippen molar-refractivity contribution in [2.45, 2.75) is 39.8 Å². The maximum atomic E-state index is 14.4. The first-order chi connectivity index (χ1) is 21.4. The molecule has 1 aliphatic rings. The van der Waals surface area contributed by atoms with Gasteiger partial charge in [0.15, 0.2) is 0 Å². The van der Waals surface area contributed by atoms with Gasteiger partial charge in [0.1, 0.15) is 23.0 Å². The summed E-state index contributed by atoms with van der Waals surface area (Å²) >= 11 is 5.96. The predicted octanol–water partition coefficient (Wildman–Crippen LogP) is 6.81. The van der Waals surface area contributed by atoms with Crippen LogP contribution in [0.25, 0.3) is 22.2 Å². The normalized spacial score (nSPS) is 14.3. The van der Waals surface area contributed by atoms with Crippen LogP contribution in [0.1, 0.15) is 51.5 Å². The summed E-state index contributed by atoms with van der Waals surface area (Å²) in [6.07, 6.45) is 5.40. The number of carboxylic acid groups (broad SMARTS) is 1. The minimum Gasteiger partial charge on any atom is -0.478 e. The number of aromatic carboxylic acids is 1. The number of rotatable bonds is 6. The highest BCUT2D eigenvalue weighted by Crippen LogP contribution is 2.34. The fourth-order valence-corrected chi connectivity index (χ4v) is 6.27. The Kier molecular flexibility index (Phi) is 9.06. The smallest absolute Gasteiger partial charge is 0.337 e. The monoisotopic (exact) mass is 662 g/mol. The lowest BCUT2D eigenvalue weighted by atomic mass is 9.97. The number of fused-ring (bicyclic) bond motifs is 1.